The molecule has 14 heavy (non-hydrogen) atoms. The highest BCUT2D eigenvalue weighted by Gasteiger charge is 2.47. The number of halogens is 3. The molecule has 0 atom stereocenters. The summed E-state index contributed by atoms with van der Waals surface area (Å²) < 4.78 is 60.1. The first-order chi connectivity index (χ1) is 6.22. The minimum atomic E-state index is -5.39. The Morgan fingerprint density at radius 2 is 1.86 bits per heavy atom. The van der Waals surface area contributed by atoms with Gasteiger partial charge in [0.1, 0.15) is 0 Å². The Balaban J connectivity index is 2.38. The van der Waals surface area contributed by atoms with Crippen molar-refractivity contribution in [3.63, 3.8) is 0 Å². The van der Waals surface area contributed by atoms with Crippen LogP contribution < -0.4 is 0 Å². The minimum absolute atomic E-state index is 0.0536. The van der Waals surface area contributed by atoms with Crippen LogP contribution in [0.2, 0.25) is 0 Å². The maximum Gasteiger partial charge on any atom is 0.523 e. The van der Waals surface area contributed by atoms with Gasteiger partial charge >= 0.3 is 15.6 Å². The second kappa shape index (κ2) is 3.69. The molecule has 84 valence electrons. The summed E-state index contributed by atoms with van der Waals surface area (Å²) in [7, 11) is -5.39. The average molecular weight is 232 g/mol. The topological polar surface area (TPSA) is 43.4 Å². The van der Waals surface area contributed by atoms with E-state index in [9.17, 15) is 21.6 Å². The lowest BCUT2D eigenvalue weighted by Gasteiger charge is -2.31. The molecular weight excluding hydrogens is 221 g/mol. The molecule has 1 saturated carbocycles. The number of hydrogen-bond donors (Lipinski definition) is 0. The number of alkyl halides is 3. The van der Waals surface area contributed by atoms with E-state index in [4.69, 9.17) is 0 Å². The third-order valence-corrected chi connectivity index (χ3v) is 3.23. The van der Waals surface area contributed by atoms with Crippen molar-refractivity contribution in [1.29, 1.82) is 0 Å². The van der Waals surface area contributed by atoms with Crippen LogP contribution in [0, 0.1) is 11.8 Å². The highest BCUT2D eigenvalue weighted by molar-refractivity contribution is 7.87. The minimum Gasteiger partial charge on any atom is -0.263 e. The molecule has 1 fully saturated rings. The summed E-state index contributed by atoms with van der Waals surface area (Å²) >= 11 is 0. The van der Waals surface area contributed by atoms with E-state index in [1.165, 1.54) is 0 Å². The van der Waals surface area contributed by atoms with Crippen molar-refractivity contribution < 1.29 is 25.8 Å². The second-order valence-corrected chi connectivity index (χ2v) is 5.23. The van der Waals surface area contributed by atoms with Gasteiger partial charge in [0.25, 0.3) is 0 Å². The van der Waals surface area contributed by atoms with Gasteiger partial charge in [0.05, 0.1) is 6.61 Å². The zero-order valence-corrected chi connectivity index (χ0v) is 8.36. The van der Waals surface area contributed by atoms with Gasteiger partial charge in [-0.3, -0.25) is 4.18 Å². The molecule has 1 aliphatic carbocycles. The second-order valence-electron chi connectivity index (χ2n) is 3.63. The highest BCUT2D eigenvalue weighted by Crippen LogP contribution is 2.34. The fourth-order valence-corrected chi connectivity index (χ4v) is 1.96. The summed E-state index contributed by atoms with van der Waals surface area (Å²) in [6, 6.07) is 0. The first-order valence-corrected chi connectivity index (χ1v) is 5.59. The van der Waals surface area contributed by atoms with Gasteiger partial charge in [-0.25, -0.2) is 0 Å². The molecule has 0 radical (unpaired) electrons. The van der Waals surface area contributed by atoms with E-state index in [-0.39, 0.29) is 12.5 Å². The normalized spacial score (nSPS) is 28.6. The fraction of sp³-hybridized carbons (Fsp3) is 1.00. The quantitative estimate of drug-likeness (QED) is 0.551. The SMILES string of the molecule is CC1CC(COS(=O)(=O)C(F)(F)F)C1. The van der Waals surface area contributed by atoms with E-state index < -0.39 is 15.6 Å². The highest BCUT2D eigenvalue weighted by atomic mass is 32.2. The van der Waals surface area contributed by atoms with Crippen LogP contribution in [0.15, 0.2) is 0 Å². The third-order valence-electron chi connectivity index (χ3n) is 2.21. The molecule has 0 aromatic rings. The van der Waals surface area contributed by atoms with Crippen molar-refractivity contribution in [2.24, 2.45) is 11.8 Å². The van der Waals surface area contributed by atoms with Crippen molar-refractivity contribution in [3.05, 3.63) is 0 Å². The van der Waals surface area contributed by atoms with Gasteiger partial charge in [-0.15, -0.1) is 0 Å². The Morgan fingerprint density at radius 3 is 2.21 bits per heavy atom. The van der Waals surface area contributed by atoms with E-state index in [0.717, 1.165) is 12.8 Å². The van der Waals surface area contributed by atoms with Crippen molar-refractivity contribution in [3.8, 4) is 0 Å². The van der Waals surface area contributed by atoms with Gasteiger partial charge in [0.15, 0.2) is 0 Å². The zero-order chi connectivity index (χ0) is 11.0. The van der Waals surface area contributed by atoms with Crippen LogP contribution >= 0.6 is 0 Å². The van der Waals surface area contributed by atoms with E-state index >= 15 is 0 Å². The van der Waals surface area contributed by atoms with Gasteiger partial charge in [-0.1, -0.05) is 6.92 Å². The molecule has 0 saturated heterocycles. The molecule has 1 rings (SSSR count). The van der Waals surface area contributed by atoms with E-state index in [0.29, 0.717) is 5.92 Å². The third kappa shape index (κ3) is 2.60. The maximum atomic E-state index is 11.8. The molecule has 0 heterocycles. The van der Waals surface area contributed by atoms with Gasteiger partial charge < -0.3 is 0 Å². The Kier molecular flexibility index (Phi) is 3.10. The van der Waals surface area contributed by atoms with Crippen LogP contribution in [0.5, 0.6) is 0 Å². The summed E-state index contributed by atoms with van der Waals surface area (Å²) in [6.45, 7) is 1.60. The first-order valence-electron chi connectivity index (χ1n) is 4.18. The van der Waals surface area contributed by atoms with Crippen molar-refractivity contribution in [2.45, 2.75) is 25.3 Å². The molecule has 7 heteroatoms. The fourth-order valence-electron chi connectivity index (χ4n) is 1.46. The van der Waals surface area contributed by atoms with E-state index in [2.05, 4.69) is 4.18 Å². The number of hydrogen-bond acceptors (Lipinski definition) is 3. The predicted molar refractivity (Wildman–Crippen MR) is 42.8 cm³/mol. The van der Waals surface area contributed by atoms with Crippen LogP contribution in [0.1, 0.15) is 19.8 Å². The van der Waals surface area contributed by atoms with Crippen LogP contribution in [0.3, 0.4) is 0 Å². The van der Waals surface area contributed by atoms with Gasteiger partial charge in [0.2, 0.25) is 0 Å². The lowest BCUT2D eigenvalue weighted by Crippen LogP contribution is -2.31. The summed E-state index contributed by atoms with van der Waals surface area (Å²) in [5.74, 6) is 0.402. The van der Waals surface area contributed by atoms with Crippen LogP contribution in [-0.2, 0) is 14.3 Å². The Hall–Kier alpha value is -0.300. The predicted octanol–water partition coefficient (Wildman–Crippen LogP) is 1.90. The van der Waals surface area contributed by atoms with Crippen LogP contribution in [-0.4, -0.2) is 20.5 Å². The van der Waals surface area contributed by atoms with Crippen molar-refractivity contribution >= 4 is 10.1 Å². The van der Waals surface area contributed by atoms with E-state index in [1.807, 2.05) is 6.92 Å². The molecule has 1 aliphatic rings. The Morgan fingerprint density at radius 1 is 1.36 bits per heavy atom. The summed E-state index contributed by atoms with van der Waals surface area (Å²) in [4.78, 5) is 0. The summed E-state index contributed by atoms with van der Waals surface area (Å²) in [6.07, 6.45) is 1.46. The van der Waals surface area contributed by atoms with Gasteiger partial charge in [-0.2, -0.15) is 21.6 Å². The molecule has 0 spiro atoms. The molecule has 0 unspecified atom stereocenters. The molecular formula is C7H11F3O3S. The molecule has 0 amide bonds. The lowest BCUT2D eigenvalue weighted by molar-refractivity contribution is -0.0562. The number of rotatable bonds is 3. The smallest absolute Gasteiger partial charge is 0.263 e. The molecule has 0 aliphatic heterocycles. The standard InChI is InChI=1S/C7H11F3O3S/c1-5-2-6(3-5)4-13-14(11,12)7(8,9)10/h5-6H,2-4H2,1H3. The molecule has 0 bridgehead atoms. The molecule has 3 nitrogen and oxygen atoms in total. The summed E-state index contributed by atoms with van der Waals surface area (Å²) in [5, 5.41) is 0. The first kappa shape index (κ1) is 11.8. The van der Waals surface area contributed by atoms with Crippen molar-refractivity contribution in [1.82, 2.24) is 0 Å². The van der Waals surface area contributed by atoms with Gasteiger partial charge in [-0.05, 0) is 24.7 Å². The maximum absolute atomic E-state index is 11.8. The zero-order valence-electron chi connectivity index (χ0n) is 7.54. The molecule has 0 aromatic heterocycles. The Labute approximate surface area is 80.4 Å². The van der Waals surface area contributed by atoms with Gasteiger partial charge in [0, 0.05) is 0 Å². The Bertz CT molecular complexity index is 290. The van der Waals surface area contributed by atoms with Crippen LogP contribution in [0.25, 0.3) is 0 Å². The van der Waals surface area contributed by atoms with Crippen LogP contribution in [0.4, 0.5) is 13.2 Å². The average Bonchev–Trinajstić information content (AvgIpc) is 1.93. The van der Waals surface area contributed by atoms with E-state index in [1.54, 1.807) is 0 Å². The largest absolute Gasteiger partial charge is 0.523 e. The monoisotopic (exact) mass is 232 g/mol. The molecule has 0 aromatic carbocycles. The van der Waals surface area contributed by atoms with Crippen molar-refractivity contribution in [2.75, 3.05) is 6.61 Å². The summed E-state index contributed by atoms with van der Waals surface area (Å²) in [5.41, 5.74) is -5.30. The molecule has 0 N–H and O–H groups in total. The lowest BCUT2D eigenvalue weighted by atomic mass is 9.77.